The minimum absolute atomic E-state index is 0.212. The van der Waals surface area contributed by atoms with Gasteiger partial charge in [-0.1, -0.05) is 41.9 Å². The summed E-state index contributed by atoms with van der Waals surface area (Å²) in [4.78, 5) is 31.4. The fraction of sp³-hybridized carbons (Fsp3) is 0.435. The number of esters is 1. The third kappa shape index (κ3) is 5.11. The Hall–Kier alpha value is -2.60. The maximum atomic E-state index is 13.2. The van der Waals surface area contributed by atoms with Crippen LogP contribution in [-0.4, -0.2) is 40.6 Å². The number of aromatic nitrogens is 1. The van der Waals surface area contributed by atoms with E-state index in [4.69, 9.17) is 21.1 Å². The molecule has 1 fully saturated rings. The fourth-order valence-electron chi connectivity index (χ4n) is 3.60. The molecule has 1 saturated heterocycles. The molecule has 1 aliphatic heterocycles. The van der Waals surface area contributed by atoms with Crippen molar-refractivity contribution in [3.63, 3.8) is 0 Å². The van der Waals surface area contributed by atoms with Gasteiger partial charge in [-0.05, 0) is 50.8 Å². The van der Waals surface area contributed by atoms with Crippen LogP contribution in [0.2, 0.25) is 5.02 Å². The van der Waals surface area contributed by atoms with Crippen molar-refractivity contribution >= 4 is 23.7 Å². The first-order valence-corrected chi connectivity index (χ1v) is 10.4. The largest absolute Gasteiger partial charge is 0.459 e. The van der Waals surface area contributed by atoms with Crippen LogP contribution in [0.1, 0.15) is 44.7 Å². The molecule has 0 unspecified atom stereocenters. The Bertz CT molecular complexity index is 888. The van der Waals surface area contributed by atoms with Gasteiger partial charge in [0.2, 0.25) is 0 Å². The van der Waals surface area contributed by atoms with Crippen LogP contribution in [0.5, 0.6) is 0 Å². The van der Waals surface area contributed by atoms with Crippen LogP contribution >= 0.6 is 11.6 Å². The predicted molar refractivity (Wildman–Crippen MR) is 114 cm³/mol. The van der Waals surface area contributed by atoms with Gasteiger partial charge in [0.1, 0.15) is 12.2 Å². The Morgan fingerprint density at radius 2 is 1.80 bits per heavy atom. The number of likely N-dealkylation sites (tertiary alicyclic amines) is 1. The van der Waals surface area contributed by atoms with Crippen molar-refractivity contribution in [1.29, 1.82) is 0 Å². The molecule has 1 aromatic heterocycles. The van der Waals surface area contributed by atoms with Crippen molar-refractivity contribution in [2.75, 3.05) is 13.1 Å². The Labute approximate surface area is 182 Å². The fourth-order valence-corrected chi connectivity index (χ4v) is 3.90. The van der Waals surface area contributed by atoms with Gasteiger partial charge >= 0.3 is 12.1 Å². The van der Waals surface area contributed by atoms with Gasteiger partial charge in [-0.15, -0.1) is 0 Å². The standard InChI is InChI=1S/C23H27ClN2O4/c1-22(2,3)30-20(27)23(18-9-12-25-15-19(18)24)10-13-26(14-11-23)21(28)29-16-17-7-5-4-6-8-17/h4-9,12,15H,10-11,13-14,16H2,1-3H3. The second-order valence-corrected chi connectivity index (χ2v) is 8.87. The molecule has 7 heteroatoms. The molecule has 0 aliphatic carbocycles. The molecular weight excluding hydrogens is 404 g/mol. The van der Waals surface area contributed by atoms with Crippen LogP contribution in [0, 0.1) is 0 Å². The van der Waals surface area contributed by atoms with E-state index in [1.807, 2.05) is 51.1 Å². The van der Waals surface area contributed by atoms with E-state index in [0.717, 1.165) is 5.56 Å². The lowest BCUT2D eigenvalue weighted by Gasteiger charge is -2.41. The number of hydrogen-bond acceptors (Lipinski definition) is 5. The molecule has 1 aliphatic rings. The minimum atomic E-state index is -0.927. The quantitative estimate of drug-likeness (QED) is 0.655. The Morgan fingerprint density at radius 1 is 1.13 bits per heavy atom. The van der Waals surface area contributed by atoms with Crippen LogP contribution in [-0.2, 0) is 26.3 Å². The summed E-state index contributed by atoms with van der Waals surface area (Å²) in [7, 11) is 0. The second-order valence-electron chi connectivity index (χ2n) is 8.47. The molecule has 2 heterocycles. The highest BCUT2D eigenvalue weighted by molar-refractivity contribution is 6.31. The van der Waals surface area contributed by atoms with Crippen LogP contribution in [0.3, 0.4) is 0 Å². The average Bonchev–Trinajstić information content (AvgIpc) is 2.72. The van der Waals surface area contributed by atoms with E-state index in [0.29, 0.717) is 36.5 Å². The monoisotopic (exact) mass is 430 g/mol. The van der Waals surface area contributed by atoms with Crippen molar-refractivity contribution in [3.8, 4) is 0 Å². The average molecular weight is 431 g/mol. The molecule has 0 radical (unpaired) electrons. The van der Waals surface area contributed by atoms with E-state index in [1.54, 1.807) is 17.2 Å². The van der Waals surface area contributed by atoms with E-state index in [2.05, 4.69) is 4.98 Å². The molecule has 0 saturated carbocycles. The Morgan fingerprint density at radius 3 is 2.40 bits per heavy atom. The summed E-state index contributed by atoms with van der Waals surface area (Å²) in [6.07, 6.45) is 3.55. The lowest BCUT2D eigenvalue weighted by atomic mass is 9.73. The molecule has 6 nitrogen and oxygen atoms in total. The van der Waals surface area contributed by atoms with Crippen LogP contribution in [0.15, 0.2) is 48.8 Å². The van der Waals surface area contributed by atoms with E-state index in [1.165, 1.54) is 6.20 Å². The Balaban J connectivity index is 1.73. The number of amides is 1. The van der Waals surface area contributed by atoms with Gasteiger partial charge in [0.15, 0.2) is 0 Å². The first kappa shape index (κ1) is 22.1. The van der Waals surface area contributed by atoms with Gasteiger partial charge in [0.05, 0.1) is 10.4 Å². The molecule has 2 aromatic rings. The summed E-state index contributed by atoms with van der Waals surface area (Å²) in [5, 5.41) is 0.420. The van der Waals surface area contributed by atoms with Crippen LogP contribution < -0.4 is 0 Å². The van der Waals surface area contributed by atoms with Gasteiger partial charge < -0.3 is 14.4 Å². The number of piperidine rings is 1. The van der Waals surface area contributed by atoms with Gasteiger partial charge in [-0.3, -0.25) is 9.78 Å². The van der Waals surface area contributed by atoms with Gasteiger partial charge in [0, 0.05) is 25.5 Å². The SMILES string of the molecule is CC(C)(C)OC(=O)C1(c2ccncc2Cl)CCN(C(=O)OCc2ccccc2)CC1. The number of halogens is 1. The van der Waals surface area contributed by atoms with Gasteiger partial charge in [-0.25, -0.2) is 4.79 Å². The normalized spacial score (nSPS) is 16.1. The predicted octanol–water partition coefficient (Wildman–Crippen LogP) is 4.75. The van der Waals surface area contributed by atoms with Crippen molar-refractivity contribution < 1.29 is 19.1 Å². The second kappa shape index (κ2) is 9.04. The number of nitrogens with zero attached hydrogens (tertiary/aromatic N) is 2. The zero-order valence-corrected chi connectivity index (χ0v) is 18.3. The number of benzene rings is 1. The van der Waals surface area contributed by atoms with E-state index >= 15 is 0 Å². The number of pyridine rings is 1. The van der Waals surface area contributed by atoms with E-state index in [9.17, 15) is 9.59 Å². The number of rotatable bonds is 4. The summed E-state index contributed by atoms with van der Waals surface area (Å²) < 4.78 is 11.2. The zero-order valence-electron chi connectivity index (χ0n) is 17.6. The van der Waals surface area contributed by atoms with Crippen LogP contribution in [0.25, 0.3) is 0 Å². The highest BCUT2D eigenvalue weighted by Gasteiger charge is 2.47. The topological polar surface area (TPSA) is 68.7 Å². The molecule has 160 valence electrons. The molecule has 30 heavy (non-hydrogen) atoms. The highest BCUT2D eigenvalue weighted by atomic mass is 35.5. The molecule has 0 spiro atoms. The van der Waals surface area contributed by atoms with Crippen molar-refractivity contribution in [3.05, 3.63) is 64.9 Å². The van der Waals surface area contributed by atoms with Crippen LogP contribution in [0.4, 0.5) is 4.79 Å². The molecule has 1 amide bonds. The minimum Gasteiger partial charge on any atom is -0.459 e. The lowest BCUT2D eigenvalue weighted by molar-refractivity contribution is -0.164. The summed E-state index contributed by atoms with van der Waals surface area (Å²) in [6.45, 7) is 6.45. The summed E-state index contributed by atoms with van der Waals surface area (Å²) >= 11 is 6.40. The van der Waals surface area contributed by atoms with Gasteiger partial charge in [0.25, 0.3) is 0 Å². The van der Waals surface area contributed by atoms with E-state index < -0.39 is 17.1 Å². The first-order valence-electron chi connectivity index (χ1n) is 10.0. The molecule has 1 aromatic carbocycles. The third-order valence-corrected chi connectivity index (χ3v) is 5.46. The van der Waals surface area contributed by atoms with Crippen molar-refractivity contribution in [2.45, 2.75) is 51.2 Å². The molecule has 0 atom stereocenters. The first-order chi connectivity index (χ1) is 14.2. The molecule has 0 bridgehead atoms. The summed E-state index contributed by atoms with van der Waals surface area (Å²) in [5.74, 6) is -0.333. The summed E-state index contributed by atoms with van der Waals surface area (Å²) in [6, 6.07) is 11.3. The van der Waals surface area contributed by atoms with Crippen molar-refractivity contribution in [2.24, 2.45) is 0 Å². The maximum Gasteiger partial charge on any atom is 0.410 e. The zero-order chi connectivity index (χ0) is 21.8. The van der Waals surface area contributed by atoms with Gasteiger partial charge in [-0.2, -0.15) is 0 Å². The molecule has 3 rings (SSSR count). The van der Waals surface area contributed by atoms with Crippen molar-refractivity contribution in [1.82, 2.24) is 9.88 Å². The van der Waals surface area contributed by atoms with E-state index in [-0.39, 0.29) is 12.6 Å². The third-order valence-electron chi connectivity index (χ3n) is 5.16. The Kier molecular flexibility index (Phi) is 6.66. The number of carbonyl (C=O) groups excluding carboxylic acids is 2. The number of hydrogen-bond donors (Lipinski definition) is 0. The maximum absolute atomic E-state index is 13.2. The molecular formula is C23H27ClN2O4. The summed E-state index contributed by atoms with van der Waals surface area (Å²) in [5.41, 5.74) is 0.0546. The number of carbonyl (C=O) groups is 2. The highest BCUT2D eigenvalue weighted by Crippen LogP contribution is 2.41. The molecule has 0 N–H and O–H groups in total. The lowest BCUT2D eigenvalue weighted by Crippen LogP contribution is -2.51. The number of ether oxygens (including phenoxy) is 2. The smallest absolute Gasteiger partial charge is 0.410 e.